The number of rotatable bonds is 12. The molecule has 18 nitrogen and oxygen atoms in total. The van der Waals surface area contributed by atoms with E-state index in [0.29, 0.717) is 68.7 Å². The molecule has 6 fully saturated rings. The van der Waals surface area contributed by atoms with Crippen LogP contribution in [0, 0.1) is 17.7 Å². The van der Waals surface area contributed by atoms with Gasteiger partial charge in [-0.2, -0.15) is 0 Å². The van der Waals surface area contributed by atoms with E-state index in [4.69, 9.17) is 9.97 Å². The number of nitrogens with one attached hydrogen (secondary N) is 4. The maximum atomic E-state index is 15.3. The number of para-hydroxylation sites is 1. The van der Waals surface area contributed by atoms with Crippen LogP contribution in [0.4, 0.5) is 27.3 Å². The highest BCUT2D eigenvalue weighted by molar-refractivity contribution is 6.10. The number of imidazole rings is 1. The first kappa shape index (κ1) is 51.5. The Hall–Kier alpha value is -7.28. The van der Waals surface area contributed by atoms with Crippen LogP contribution in [0.25, 0.3) is 22.3 Å². The number of imide groups is 1. The monoisotopic (exact) mass is 1060 g/mol. The second-order valence-electron chi connectivity index (χ2n) is 23.1. The third-order valence-electron chi connectivity index (χ3n) is 18.1. The van der Waals surface area contributed by atoms with Gasteiger partial charge in [0.2, 0.25) is 29.5 Å². The first-order valence-electron chi connectivity index (χ1n) is 28.4. The number of pyridine rings is 2. The number of aromatic nitrogens is 4. The molecule has 4 N–H and O–H groups in total. The number of amides is 6. The molecule has 2 aromatic carbocycles. The Balaban J connectivity index is 0.695. The zero-order valence-corrected chi connectivity index (χ0v) is 44.5. The van der Waals surface area contributed by atoms with Crippen LogP contribution in [0.2, 0.25) is 0 Å². The maximum Gasteiger partial charge on any atom is 0.270 e. The predicted octanol–water partition coefficient (Wildman–Crippen LogP) is 7.24. The quantitative estimate of drug-likeness (QED) is 0.0913. The number of benzene rings is 2. The van der Waals surface area contributed by atoms with Crippen molar-refractivity contribution >= 4 is 69.4 Å². The number of anilines is 4. The molecule has 1 spiro atoms. The van der Waals surface area contributed by atoms with E-state index >= 15 is 9.18 Å². The third kappa shape index (κ3) is 9.76. The van der Waals surface area contributed by atoms with Crippen molar-refractivity contribution in [3.05, 3.63) is 90.3 Å². The van der Waals surface area contributed by atoms with Gasteiger partial charge in [-0.25, -0.2) is 19.3 Å². The van der Waals surface area contributed by atoms with Crippen LogP contribution in [0.5, 0.6) is 0 Å². The zero-order valence-electron chi connectivity index (χ0n) is 44.5. The topological polar surface area (TPSA) is 207 Å². The summed E-state index contributed by atoms with van der Waals surface area (Å²) < 4.78 is 17.2. The molecule has 408 valence electrons. The van der Waals surface area contributed by atoms with Crippen molar-refractivity contribution in [2.75, 3.05) is 54.8 Å². The number of halogens is 1. The minimum Gasteiger partial charge on any atom is -0.381 e. The molecule has 19 heteroatoms. The van der Waals surface area contributed by atoms with Gasteiger partial charge in [0.15, 0.2) is 5.82 Å². The average molecular weight is 1060 g/mol. The smallest absolute Gasteiger partial charge is 0.270 e. The van der Waals surface area contributed by atoms with Crippen LogP contribution >= 0.6 is 0 Å². The van der Waals surface area contributed by atoms with E-state index < -0.39 is 23.3 Å². The molecular weight excluding hydrogens is 992 g/mol. The molecule has 8 heterocycles. The molecule has 2 saturated carbocycles. The van der Waals surface area contributed by atoms with Gasteiger partial charge in [-0.3, -0.25) is 34.1 Å². The summed E-state index contributed by atoms with van der Waals surface area (Å²) in [6.45, 7) is 8.22. The third-order valence-corrected chi connectivity index (χ3v) is 18.1. The summed E-state index contributed by atoms with van der Waals surface area (Å²) in [7, 11) is 0. The Morgan fingerprint density at radius 3 is 2.29 bits per heavy atom. The highest BCUT2D eigenvalue weighted by atomic mass is 19.1. The first-order chi connectivity index (χ1) is 37.8. The summed E-state index contributed by atoms with van der Waals surface area (Å²) >= 11 is 0. The standard InChI is InChI=1S/C59H69FN12O6/c1-35(2)71-34-62-49-31-48(65-53(52(49)71)64-45-9-5-4-8-44(45)60)37-12-16-43-50(28-37)72(42-29-41(30-42)68-23-6-3-7-24-68)58(78)59(43)21-26-69(27-22-59)57(77)38-20-25-70(33-38)56(76)36-10-13-39(14-11-36)63-40-15-17-46(61-32-40)54(74)66-47-18-19-51(73)67-55(47)75/h4-5,8-9,12,15-17,28,31-32,34-36,38-39,41-42,47,63H,3,6-7,10-11,13-14,18-27,29-30,33H2,1-2H3,(H,64,65)(H,66,74)(H,67,73,75)/t36?,38-,39?,41?,42?,47?/m1/s1. The summed E-state index contributed by atoms with van der Waals surface area (Å²) in [5.41, 5.74) is 5.39. The van der Waals surface area contributed by atoms with Crippen LogP contribution in [-0.2, 0) is 29.4 Å². The normalized spacial score (nSPS) is 25.3. The number of hydrogen-bond donors (Lipinski definition) is 4. The molecule has 3 aromatic heterocycles. The van der Waals surface area contributed by atoms with Gasteiger partial charge in [0, 0.05) is 73.9 Å². The van der Waals surface area contributed by atoms with Crippen molar-refractivity contribution in [3.63, 3.8) is 0 Å². The lowest BCUT2D eigenvalue weighted by Gasteiger charge is -2.48. The molecule has 0 bridgehead atoms. The zero-order chi connectivity index (χ0) is 53.8. The van der Waals surface area contributed by atoms with Gasteiger partial charge in [0.05, 0.1) is 46.4 Å². The van der Waals surface area contributed by atoms with E-state index in [2.05, 4.69) is 68.1 Å². The number of piperidine rings is 3. The summed E-state index contributed by atoms with van der Waals surface area (Å²) in [4.78, 5) is 103. The fraction of sp³-hybridized carbons (Fsp3) is 0.508. The molecule has 2 aliphatic carbocycles. The molecule has 5 aromatic rings. The van der Waals surface area contributed by atoms with Crippen molar-refractivity contribution < 1.29 is 33.2 Å². The van der Waals surface area contributed by atoms with E-state index in [1.54, 1.807) is 42.9 Å². The van der Waals surface area contributed by atoms with Crippen LogP contribution < -0.4 is 26.2 Å². The maximum absolute atomic E-state index is 15.3. The Labute approximate surface area is 453 Å². The molecule has 2 atom stereocenters. The summed E-state index contributed by atoms with van der Waals surface area (Å²) in [5.74, 6) is -1.37. The number of hydrogen-bond acceptors (Lipinski definition) is 12. The van der Waals surface area contributed by atoms with E-state index in [-0.39, 0.29) is 77.9 Å². The SMILES string of the molecule is CC(C)n1cnc2cc(-c3ccc4c(c3)N(C3CC(N5CCCCC5)C3)C(=O)C43CCN(C(=O)[C@@H]4CCN(C(=O)C5CCC(Nc6ccc(C(=O)NC7CCC(=O)NC7=O)nc6)CC5)C4)CC3)nc(Nc3ccccc3F)c21. The van der Waals surface area contributed by atoms with Gasteiger partial charge in [0.25, 0.3) is 5.91 Å². The molecule has 5 aliphatic heterocycles. The second-order valence-corrected chi connectivity index (χ2v) is 23.1. The number of carbonyl (C=O) groups is 6. The number of fused-ring (bicyclic) bond motifs is 3. The molecule has 7 aliphatic rings. The van der Waals surface area contributed by atoms with Crippen LogP contribution in [0.15, 0.2) is 73.2 Å². The minimum atomic E-state index is -0.782. The number of likely N-dealkylation sites (tertiary alicyclic amines) is 3. The largest absolute Gasteiger partial charge is 0.381 e. The van der Waals surface area contributed by atoms with Crippen LogP contribution in [0.3, 0.4) is 0 Å². The van der Waals surface area contributed by atoms with Crippen LogP contribution in [-0.4, -0.2) is 133 Å². The van der Waals surface area contributed by atoms with Gasteiger partial charge in [-0.05, 0) is 146 Å². The van der Waals surface area contributed by atoms with Gasteiger partial charge >= 0.3 is 0 Å². The summed E-state index contributed by atoms with van der Waals surface area (Å²) in [5, 5.41) is 11.7. The van der Waals surface area contributed by atoms with Gasteiger partial charge in [0.1, 0.15) is 23.1 Å². The van der Waals surface area contributed by atoms with E-state index in [1.165, 1.54) is 25.3 Å². The van der Waals surface area contributed by atoms with Crippen LogP contribution in [0.1, 0.15) is 126 Å². The molecule has 78 heavy (non-hydrogen) atoms. The summed E-state index contributed by atoms with van der Waals surface area (Å²) in [6, 6.07) is 18.1. The molecule has 12 rings (SSSR count). The second kappa shape index (κ2) is 21.2. The van der Waals surface area contributed by atoms with E-state index in [1.807, 2.05) is 20.4 Å². The lowest BCUT2D eigenvalue weighted by molar-refractivity contribution is -0.140. The fourth-order valence-electron chi connectivity index (χ4n) is 13.5. The molecule has 1 unspecified atom stereocenters. The molecular formula is C59H69FN12O6. The Morgan fingerprint density at radius 2 is 1.56 bits per heavy atom. The highest BCUT2D eigenvalue weighted by Gasteiger charge is 2.56. The molecule has 6 amide bonds. The lowest BCUT2D eigenvalue weighted by atomic mass is 9.73. The number of nitrogens with zero attached hydrogens (tertiary/aromatic N) is 8. The Morgan fingerprint density at radius 1 is 0.795 bits per heavy atom. The predicted molar refractivity (Wildman–Crippen MR) is 292 cm³/mol. The van der Waals surface area contributed by atoms with Crippen molar-refractivity contribution in [1.29, 1.82) is 0 Å². The molecule has 0 radical (unpaired) electrons. The average Bonchev–Trinajstić information content (AvgIpc) is 4.26. The Kier molecular flexibility index (Phi) is 14.0. The molecule has 4 saturated heterocycles. The summed E-state index contributed by atoms with van der Waals surface area (Å²) in [6.07, 6.45) is 14.0. The van der Waals surface area contributed by atoms with Gasteiger partial charge in [-0.1, -0.05) is 30.7 Å². The van der Waals surface area contributed by atoms with Gasteiger partial charge in [-0.15, -0.1) is 0 Å². The fourth-order valence-corrected chi connectivity index (χ4v) is 13.5. The van der Waals surface area contributed by atoms with Gasteiger partial charge < -0.3 is 40.1 Å². The van der Waals surface area contributed by atoms with Crippen molar-refractivity contribution in [2.24, 2.45) is 11.8 Å². The Bertz CT molecular complexity index is 3150. The minimum absolute atomic E-state index is 0.0588. The van der Waals surface area contributed by atoms with E-state index in [0.717, 1.165) is 85.1 Å². The van der Waals surface area contributed by atoms with Crippen molar-refractivity contribution in [2.45, 2.75) is 139 Å². The highest BCUT2D eigenvalue weighted by Crippen LogP contribution is 2.52. The van der Waals surface area contributed by atoms with Crippen molar-refractivity contribution in [1.82, 2.24) is 44.9 Å². The lowest BCUT2D eigenvalue weighted by Crippen LogP contribution is -2.58. The van der Waals surface area contributed by atoms with Crippen molar-refractivity contribution in [3.8, 4) is 11.3 Å². The van der Waals surface area contributed by atoms with E-state index in [9.17, 15) is 24.0 Å². The first-order valence-corrected chi connectivity index (χ1v) is 28.4. The number of carbonyl (C=O) groups excluding carboxylic acids is 6.